The number of pyridine rings is 1. The minimum atomic E-state index is -0.141. The van der Waals surface area contributed by atoms with E-state index in [1.165, 1.54) is 0 Å². The number of amides is 1. The molecule has 0 spiro atoms. The highest BCUT2D eigenvalue weighted by atomic mass is 16.5. The lowest BCUT2D eigenvalue weighted by Crippen LogP contribution is -2.25. The predicted molar refractivity (Wildman–Crippen MR) is 117 cm³/mol. The van der Waals surface area contributed by atoms with E-state index in [1.807, 2.05) is 67.5 Å². The van der Waals surface area contributed by atoms with Crippen LogP contribution in [0.15, 0.2) is 67.0 Å². The molecule has 3 aromatic rings. The minimum Gasteiger partial charge on any atom is -0.497 e. The molecule has 0 aliphatic heterocycles. The highest BCUT2D eigenvalue weighted by Crippen LogP contribution is 2.20. The number of nitrogens with one attached hydrogen (secondary N) is 2. The van der Waals surface area contributed by atoms with Crippen LogP contribution in [-0.4, -0.2) is 38.6 Å². The zero-order valence-corrected chi connectivity index (χ0v) is 17.0. The van der Waals surface area contributed by atoms with E-state index in [0.717, 1.165) is 34.8 Å². The van der Waals surface area contributed by atoms with E-state index in [-0.39, 0.29) is 5.91 Å². The Kier molecular flexibility index (Phi) is 6.68. The van der Waals surface area contributed by atoms with Gasteiger partial charge < -0.3 is 20.3 Å². The number of rotatable bonds is 8. The van der Waals surface area contributed by atoms with Gasteiger partial charge in [0.2, 0.25) is 0 Å². The molecule has 2 N–H and O–H groups in total. The Morgan fingerprint density at radius 3 is 2.38 bits per heavy atom. The number of benzene rings is 2. The molecule has 0 radical (unpaired) electrons. The molecule has 0 aliphatic carbocycles. The summed E-state index contributed by atoms with van der Waals surface area (Å²) in [6, 6.07) is 17.7. The molecule has 6 nitrogen and oxygen atoms in total. The molecule has 0 saturated heterocycles. The summed E-state index contributed by atoms with van der Waals surface area (Å²) in [6.45, 7) is 0.550. The molecular weight excluding hydrogens is 364 g/mol. The summed E-state index contributed by atoms with van der Waals surface area (Å²) in [6.07, 6.45) is 4.02. The first-order valence-corrected chi connectivity index (χ1v) is 9.46. The van der Waals surface area contributed by atoms with Crippen LogP contribution in [0.2, 0.25) is 0 Å². The van der Waals surface area contributed by atoms with Crippen LogP contribution in [0.4, 0.5) is 17.1 Å². The van der Waals surface area contributed by atoms with Gasteiger partial charge in [-0.2, -0.15) is 0 Å². The third-order valence-corrected chi connectivity index (χ3v) is 4.53. The van der Waals surface area contributed by atoms with Crippen molar-refractivity contribution in [3.05, 3.63) is 78.1 Å². The molecule has 29 heavy (non-hydrogen) atoms. The quantitative estimate of drug-likeness (QED) is 0.611. The van der Waals surface area contributed by atoms with Crippen LogP contribution < -0.4 is 20.3 Å². The Balaban J connectivity index is 1.55. The number of methoxy groups -OCH3 is 1. The number of nitrogens with zero attached hydrogens (tertiary/aromatic N) is 2. The summed E-state index contributed by atoms with van der Waals surface area (Å²) >= 11 is 0. The fraction of sp³-hybridized carbons (Fsp3) is 0.217. The Morgan fingerprint density at radius 2 is 1.72 bits per heavy atom. The van der Waals surface area contributed by atoms with Crippen molar-refractivity contribution in [2.75, 3.05) is 38.0 Å². The molecule has 0 saturated carbocycles. The normalized spacial score (nSPS) is 10.3. The average Bonchev–Trinajstić information content (AvgIpc) is 2.75. The molecule has 1 aromatic heterocycles. The maximum atomic E-state index is 12.5. The summed E-state index contributed by atoms with van der Waals surface area (Å²) in [5.74, 6) is 0.683. The van der Waals surface area contributed by atoms with Gasteiger partial charge in [-0.25, -0.2) is 0 Å². The van der Waals surface area contributed by atoms with Crippen LogP contribution in [0.5, 0.6) is 5.75 Å². The number of aromatic nitrogens is 1. The van der Waals surface area contributed by atoms with E-state index in [4.69, 9.17) is 4.74 Å². The standard InChI is InChI=1S/C23H26N4O2/c1-27(2)21-8-6-19(7-9-21)26-20-14-18(15-24-16-20)23(28)25-13-12-17-4-10-22(29-3)11-5-17/h4-11,14-16,26H,12-13H2,1-3H3,(H,25,28). The van der Waals surface area contributed by atoms with E-state index in [2.05, 4.69) is 15.6 Å². The van der Waals surface area contributed by atoms with Crippen molar-refractivity contribution >= 4 is 23.0 Å². The van der Waals surface area contributed by atoms with E-state index >= 15 is 0 Å². The van der Waals surface area contributed by atoms with E-state index < -0.39 is 0 Å². The second-order valence-corrected chi connectivity index (χ2v) is 6.88. The molecule has 1 amide bonds. The molecule has 1 heterocycles. The first-order valence-electron chi connectivity index (χ1n) is 9.46. The monoisotopic (exact) mass is 390 g/mol. The summed E-state index contributed by atoms with van der Waals surface area (Å²) in [7, 11) is 5.65. The Labute approximate surface area is 171 Å². The third kappa shape index (κ3) is 5.72. The smallest absolute Gasteiger partial charge is 0.252 e. The van der Waals surface area contributed by atoms with Crippen LogP contribution in [-0.2, 0) is 6.42 Å². The molecule has 2 aromatic carbocycles. The van der Waals surface area contributed by atoms with Gasteiger partial charge in [0.05, 0.1) is 24.6 Å². The largest absolute Gasteiger partial charge is 0.497 e. The van der Waals surface area contributed by atoms with Gasteiger partial charge in [0.25, 0.3) is 5.91 Å². The zero-order chi connectivity index (χ0) is 20.6. The molecular formula is C23H26N4O2. The SMILES string of the molecule is COc1ccc(CCNC(=O)c2cncc(Nc3ccc(N(C)C)cc3)c2)cc1. The van der Waals surface area contributed by atoms with Gasteiger partial charge in [0.15, 0.2) is 0 Å². The maximum Gasteiger partial charge on any atom is 0.252 e. The van der Waals surface area contributed by atoms with Crippen molar-refractivity contribution in [3.8, 4) is 5.75 Å². The first kappa shape index (κ1) is 20.2. The zero-order valence-electron chi connectivity index (χ0n) is 17.0. The molecule has 6 heteroatoms. The Bertz CT molecular complexity index is 938. The van der Waals surface area contributed by atoms with Gasteiger partial charge >= 0.3 is 0 Å². The molecule has 0 unspecified atom stereocenters. The number of hydrogen-bond acceptors (Lipinski definition) is 5. The summed E-state index contributed by atoms with van der Waals surface area (Å²) < 4.78 is 5.15. The molecule has 0 bridgehead atoms. The van der Waals surface area contributed by atoms with Crippen LogP contribution in [0.3, 0.4) is 0 Å². The Morgan fingerprint density at radius 1 is 1.00 bits per heavy atom. The van der Waals surface area contributed by atoms with E-state index in [1.54, 1.807) is 25.6 Å². The lowest BCUT2D eigenvalue weighted by molar-refractivity contribution is 0.0954. The van der Waals surface area contributed by atoms with Gasteiger partial charge in [-0.15, -0.1) is 0 Å². The summed E-state index contributed by atoms with van der Waals surface area (Å²) in [4.78, 5) is 18.7. The maximum absolute atomic E-state index is 12.5. The molecule has 0 fully saturated rings. The summed E-state index contributed by atoms with van der Waals surface area (Å²) in [5.41, 5.74) is 4.49. The third-order valence-electron chi connectivity index (χ3n) is 4.53. The molecule has 150 valence electrons. The number of carbonyl (C=O) groups is 1. The van der Waals surface area contributed by atoms with Crippen molar-refractivity contribution in [2.45, 2.75) is 6.42 Å². The lowest BCUT2D eigenvalue weighted by Gasteiger charge is -2.13. The van der Waals surface area contributed by atoms with Crippen molar-refractivity contribution in [2.24, 2.45) is 0 Å². The fourth-order valence-electron chi connectivity index (χ4n) is 2.86. The number of hydrogen-bond donors (Lipinski definition) is 2. The Hall–Kier alpha value is -3.54. The van der Waals surface area contributed by atoms with Crippen LogP contribution in [0.1, 0.15) is 15.9 Å². The highest BCUT2D eigenvalue weighted by Gasteiger charge is 2.07. The summed E-state index contributed by atoms with van der Waals surface area (Å²) in [5, 5.41) is 6.23. The van der Waals surface area contributed by atoms with Gasteiger partial charge in [0, 0.05) is 38.2 Å². The van der Waals surface area contributed by atoms with Crippen molar-refractivity contribution in [1.29, 1.82) is 0 Å². The van der Waals surface area contributed by atoms with Crippen LogP contribution >= 0.6 is 0 Å². The van der Waals surface area contributed by atoms with Gasteiger partial charge in [0.1, 0.15) is 5.75 Å². The van der Waals surface area contributed by atoms with Gasteiger partial charge in [-0.3, -0.25) is 9.78 Å². The number of anilines is 3. The second kappa shape index (κ2) is 9.59. The van der Waals surface area contributed by atoms with E-state index in [9.17, 15) is 4.79 Å². The van der Waals surface area contributed by atoms with E-state index in [0.29, 0.717) is 12.1 Å². The minimum absolute atomic E-state index is 0.141. The second-order valence-electron chi connectivity index (χ2n) is 6.88. The predicted octanol–water partition coefficient (Wildman–Crippen LogP) is 3.87. The molecule has 3 rings (SSSR count). The average molecular weight is 390 g/mol. The van der Waals surface area contributed by atoms with Crippen LogP contribution in [0.25, 0.3) is 0 Å². The first-order chi connectivity index (χ1) is 14.0. The van der Waals surface area contributed by atoms with Crippen molar-refractivity contribution in [1.82, 2.24) is 10.3 Å². The number of ether oxygens (including phenoxy) is 1. The number of carbonyl (C=O) groups excluding carboxylic acids is 1. The van der Waals surface area contributed by atoms with Gasteiger partial charge in [-0.05, 0) is 54.4 Å². The molecule has 0 atom stereocenters. The molecule has 0 aliphatic rings. The lowest BCUT2D eigenvalue weighted by atomic mass is 10.1. The fourth-order valence-corrected chi connectivity index (χ4v) is 2.86. The van der Waals surface area contributed by atoms with Crippen molar-refractivity contribution in [3.63, 3.8) is 0 Å². The van der Waals surface area contributed by atoms with Gasteiger partial charge in [-0.1, -0.05) is 12.1 Å². The van der Waals surface area contributed by atoms with Crippen LogP contribution in [0, 0.1) is 0 Å². The van der Waals surface area contributed by atoms with Crippen molar-refractivity contribution < 1.29 is 9.53 Å². The topological polar surface area (TPSA) is 66.5 Å². The highest BCUT2D eigenvalue weighted by molar-refractivity contribution is 5.94.